The monoisotopic (exact) mass is 322 g/mol. The predicted octanol–water partition coefficient (Wildman–Crippen LogP) is 1.98. The molecular weight excluding hydrogens is 303 g/mol. The van der Waals surface area contributed by atoms with E-state index >= 15 is 0 Å². The third-order valence-corrected chi connectivity index (χ3v) is 5.00. The molecule has 0 saturated carbocycles. The number of halogens is 2. The third-order valence-electron chi connectivity index (χ3n) is 3.37. The van der Waals surface area contributed by atoms with Gasteiger partial charge in [-0.25, -0.2) is 17.5 Å². The van der Waals surface area contributed by atoms with Crippen molar-refractivity contribution in [2.75, 3.05) is 13.1 Å². The van der Waals surface area contributed by atoms with Gasteiger partial charge in [-0.3, -0.25) is 0 Å². The lowest BCUT2D eigenvalue weighted by molar-refractivity contribution is 0.539. The molecule has 0 amide bonds. The Kier molecular flexibility index (Phi) is 6.39. The quantitative estimate of drug-likeness (QED) is 0.871. The maximum atomic E-state index is 13.0. The van der Waals surface area contributed by atoms with Gasteiger partial charge in [0.1, 0.15) is 5.82 Å². The third kappa shape index (κ3) is 4.41. The van der Waals surface area contributed by atoms with Crippen molar-refractivity contribution < 1.29 is 12.8 Å². The van der Waals surface area contributed by atoms with E-state index < -0.39 is 15.8 Å². The number of rotatable bonds is 5. The fourth-order valence-corrected chi connectivity index (χ4v) is 3.63. The van der Waals surface area contributed by atoms with E-state index in [4.69, 9.17) is 0 Å². The van der Waals surface area contributed by atoms with Crippen LogP contribution >= 0.6 is 12.4 Å². The van der Waals surface area contributed by atoms with E-state index in [-0.39, 0.29) is 17.3 Å². The highest BCUT2D eigenvalue weighted by molar-refractivity contribution is 7.89. The van der Waals surface area contributed by atoms with Gasteiger partial charge in [0, 0.05) is 12.6 Å². The normalized spacial score (nSPS) is 18.8. The summed E-state index contributed by atoms with van der Waals surface area (Å²) in [7, 11) is -3.54. The summed E-state index contributed by atoms with van der Waals surface area (Å²) in [5.41, 5.74) is 0.423. The Morgan fingerprint density at radius 3 is 2.80 bits per heavy atom. The first-order valence-corrected chi connectivity index (χ1v) is 7.96. The molecule has 1 atom stereocenters. The van der Waals surface area contributed by atoms with Gasteiger partial charge in [-0.2, -0.15) is 0 Å². The van der Waals surface area contributed by atoms with E-state index in [2.05, 4.69) is 10.0 Å². The van der Waals surface area contributed by atoms with E-state index in [0.29, 0.717) is 18.2 Å². The fraction of sp³-hybridized carbons (Fsp3) is 0.538. The zero-order chi connectivity index (χ0) is 13.9. The van der Waals surface area contributed by atoms with Crippen molar-refractivity contribution in [1.82, 2.24) is 10.0 Å². The highest BCUT2D eigenvalue weighted by atomic mass is 35.5. The second kappa shape index (κ2) is 7.36. The van der Waals surface area contributed by atoms with Gasteiger partial charge in [0.2, 0.25) is 10.0 Å². The van der Waals surface area contributed by atoms with Crippen LogP contribution in [0.5, 0.6) is 0 Å². The van der Waals surface area contributed by atoms with Crippen LogP contribution in [0.1, 0.15) is 24.8 Å². The lowest BCUT2D eigenvalue weighted by Crippen LogP contribution is -2.31. The van der Waals surface area contributed by atoms with Crippen LogP contribution in [-0.2, 0) is 10.0 Å². The second-order valence-electron chi connectivity index (χ2n) is 4.89. The van der Waals surface area contributed by atoms with Crippen molar-refractivity contribution in [2.24, 2.45) is 0 Å². The molecule has 0 bridgehead atoms. The minimum Gasteiger partial charge on any atom is -0.314 e. The van der Waals surface area contributed by atoms with E-state index in [1.807, 2.05) is 0 Å². The number of benzene rings is 1. The fourth-order valence-electron chi connectivity index (χ4n) is 2.36. The summed E-state index contributed by atoms with van der Waals surface area (Å²) in [5, 5.41) is 3.32. The summed E-state index contributed by atoms with van der Waals surface area (Å²) < 4.78 is 39.7. The van der Waals surface area contributed by atoms with Gasteiger partial charge >= 0.3 is 0 Å². The van der Waals surface area contributed by atoms with Crippen molar-refractivity contribution in [1.29, 1.82) is 0 Å². The van der Waals surface area contributed by atoms with Gasteiger partial charge in [-0.1, -0.05) is 0 Å². The van der Waals surface area contributed by atoms with Crippen LogP contribution in [-0.4, -0.2) is 27.5 Å². The Hall–Kier alpha value is -0.690. The molecule has 1 aliphatic heterocycles. The smallest absolute Gasteiger partial charge is 0.240 e. The SMILES string of the molecule is Cc1cc(F)ccc1S(=O)(=O)NCC[C@H]1CCCN1.Cl. The van der Waals surface area contributed by atoms with Gasteiger partial charge in [0.25, 0.3) is 0 Å². The van der Waals surface area contributed by atoms with E-state index in [1.54, 1.807) is 6.92 Å². The largest absolute Gasteiger partial charge is 0.314 e. The molecule has 7 heteroatoms. The Morgan fingerprint density at radius 1 is 1.45 bits per heavy atom. The van der Waals surface area contributed by atoms with Crippen LogP contribution in [0.2, 0.25) is 0 Å². The number of hydrogen-bond acceptors (Lipinski definition) is 3. The lowest BCUT2D eigenvalue weighted by Gasteiger charge is -2.12. The van der Waals surface area contributed by atoms with Crippen LogP contribution in [0.3, 0.4) is 0 Å². The number of aryl methyl sites for hydroxylation is 1. The highest BCUT2D eigenvalue weighted by Gasteiger charge is 2.18. The zero-order valence-electron chi connectivity index (χ0n) is 11.4. The molecule has 114 valence electrons. The molecule has 1 aromatic rings. The minimum absolute atomic E-state index is 0. The molecule has 1 fully saturated rings. The van der Waals surface area contributed by atoms with Gasteiger partial charge in [-0.15, -0.1) is 12.4 Å². The molecule has 2 N–H and O–H groups in total. The minimum atomic E-state index is -3.54. The molecule has 2 rings (SSSR count). The summed E-state index contributed by atoms with van der Waals surface area (Å²) in [6, 6.07) is 4.10. The van der Waals surface area contributed by atoms with Gasteiger partial charge in [0.05, 0.1) is 4.90 Å². The van der Waals surface area contributed by atoms with E-state index in [0.717, 1.165) is 25.8 Å². The standard InChI is InChI=1S/C13H19FN2O2S.ClH/c1-10-9-11(14)4-5-13(10)19(17,18)16-8-6-12-3-2-7-15-12;/h4-5,9,12,15-16H,2-3,6-8H2,1H3;1H/t12-;/m1./s1. The predicted molar refractivity (Wildman–Crippen MR) is 79.2 cm³/mol. The molecule has 1 aromatic carbocycles. The van der Waals surface area contributed by atoms with Gasteiger partial charge < -0.3 is 5.32 Å². The number of nitrogens with one attached hydrogen (secondary N) is 2. The van der Waals surface area contributed by atoms with Crippen molar-refractivity contribution in [3.8, 4) is 0 Å². The van der Waals surface area contributed by atoms with Crippen molar-refractivity contribution in [3.63, 3.8) is 0 Å². The highest BCUT2D eigenvalue weighted by Crippen LogP contribution is 2.16. The molecule has 0 spiro atoms. The molecule has 0 aromatic heterocycles. The topological polar surface area (TPSA) is 58.2 Å². The first-order valence-electron chi connectivity index (χ1n) is 6.48. The summed E-state index contributed by atoms with van der Waals surface area (Å²) in [4.78, 5) is 0.147. The molecule has 20 heavy (non-hydrogen) atoms. The average molecular weight is 323 g/mol. The van der Waals surface area contributed by atoms with Gasteiger partial charge in [-0.05, 0) is 56.5 Å². The Labute approximate surface area is 125 Å². The van der Waals surface area contributed by atoms with Crippen molar-refractivity contribution >= 4 is 22.4 Å². The first-order chi connectivity index (χ1) is 8.99. The zero-order valence-corrected chi connectivity index (χ0v) is 13.0. The lowest BCUT2D eigenvalue weighted by atomic mass is 10.2. The van der Waals surface area contributed by atoms with E-state index in [9.17, 15) is 12.8 Å². The van der Waals surface area contributed by atoms with Crippen LogP contribution in [0, 0.1) is 12.7 Å². The second-order valence-corrected chi connectivity index (χ2v) is 6.62. The Bertz CT molecular complexity index is 545. The van der Waals surface area contributed by atoms with Gasteiger partial charge in [0.15, 0.2) is 0 Å². The molecule has 0 unspecified atom stereocenters. The molecule has 1 heterocycles. The summed E-state index contributed by atoms with van der Waals surface area (Å²) in [6.07, 6.45) is 3.02. The summed E-state index contributed by atoms with van der Waals surface area (Å²) in [5.74, 6) is -0.424. The summed E-state index contributed by atoms with van der Waals surface area (Å²) >= 11 is 0. The molecule has 0 radical (unpaired) electrons. The van der Waals surface area contributed by atoms with Crippen LogP contribution < -0.4 is 10.0 Å². The summed E-state index contributed by atoms with van der Waals surface area (Å²) in [6.45, 7) is 3.00. The number of sulfonamides is 1. The molecular formula is C13H20ClFN2O2S. The molecule has 1 saturated heterocycles. The average Bonchev–Trinajstić information content (AvgIpc) is 2.81. The maximum Gasteiger partial charge on any atom is 0.240 e. The molecule has 0 aliphatic carbocycles. The van der Waals surface area contributed by atoms with Crippen LogP contribution in [0.4, 0.5) is 4.39 Å². The van der Waals surface area contributed by atoms with Crippen molar-refractivity contribution in [2.45, 2.75) is 37.1 Å². The molecule has 4 nitrogen and oxygen atoms in total. The van der Waals surface area contributed by atoms with Crippen LogP contribution in [0.25, 0.3) is 0 Å². The Balaban J connectivity index is 0.00000200. The van der Waals surface area contributed by atoms with Crippen molar-refractivity contribution in [3.05, 3.63) is 29.6 Å². The molecule has 1 aliphatic rings. The first kappa shape index (κ1) is 17.4. The van der Waals surface area contributed by atoms with E-state index in [1.165, 1.54) is 18.2 Å². The van der Waals surface area contributed by atoms with Crippen LogP contribution in [0.15, 0.2) is 23.1 Å². The Morgan fingerprint density at radius 2 is 2.20 bits per heavy atom. The maximum absolute atomic E-state index is 13.0. The number of hydrogen-bond donors (Lipinski definition) is 2.